The van der Waals surface area contributed by atoms with Crippen molar-refractivity contribution in [1.82, 2.24) is 0 Å². The van der Waals surface area contributed by atoms with E-state index in [9.17, 15) is 9.90 Å². The molecule has 0 bridgehead atoms. The summed E-state index contributed by atoms with van der Waals surface area (Å²) >= 11 is 0. The number of carbonyl (C=O) groups is 1. The number of esters is 1. The van der Waals surface area contributed by atoms with Crippen LogP contribution < -0.4 is 0 Å². The molecule has 0 aromatic carbocycles. The van der Waals surface area contributed by atoms with Gasteiger partial charge in [0.05, 0.1) is 13.7 Å². The highest BCUT2D eigenvalue weighted by Gasteiger charge is 2.66. The van der Waals surface area contributed by atoms with Crippen molar-refractivity contribution in [2.24, 2.45) is 0 Å². The number of hydrogen-bond acceptors (Lipinski definition) is 7. The van der Waals surface area contributed by atoms with Gasteiger partial charge in [0, 0.05) is 7.11 Å². The van der Waals surface area contributed by atoms with Gasteiger partial charge < -0.3 is 28.8 Å². The monoisotopic (exact) mass is 262 g/mol. The second-order valence-corrected chi connectivity index (χ2v) is 4.78. The predicted molar refractivity (Wildman–Crippen MR) is 57.5 cm³/mol. The quantitative estimate of drug-likeness (QED) is 0.681. The van der Waals surface area contributed by atoms with E-state index in [2.05, 4.69) is 4.74 Å². The highest BCUT2D eigenvalue weighted by molar-refractivity contribution is 5.81. The molecule has 18 heavy (non-hydrogen) atoms. The van der Waals surface area contributed by atoms with Gasteiger partial charge in [0.25, 0.3) is 0 Å². The number of methoxy groups -OCH3 is 2. The maximum Gasteiger partial charge on any atom is 0.343 e. The van der Waals surface area contributed by atoms with E-state index in [-0.39, 0.29) is 0 Å². The Morgan fingerprint density at radius 3 is 2.44 bits per heavy atom. The molecule has 0 aromatic rings. The van der Waals surface area contributed by atoms with Gasteiger partial charge in [0.2, 0.25) is 5.60 Å². The highest BCUT2D eigenvalue weighted by Crippen LogP contribution is 2.43. The van der Waals surface area contributed by atoms with Gasteiger partial charge in [0.1, 0.15) is 12.2 Å². The van der Waals surface area contributed by atoms with Gasteiger partial charge in [-0.25, -0.2) is 4.79 Å². The Hall–Kier alpha value is -0.730. The van der Waals surface area contributed by atoms with Crippen LogP contribution >= 0.6 is 0 Å². The molecule has 7 nitrogen and oxygen atoms in total. The van der Waals surface area contributed by atoms with Crippen LogP contribution in [0.4, 0.5) is 0 Å². The third kappa shape index (κ3) is 1.83. The molecule has 0 radical (unpaired) electrons. The molecule has 0 saturated carbocycles. The Kier molecular flexibility index (Phi) is 3.37. The van der Waals surface area contributed by atoms with E-state index < -0.39 is 42.5 Å². The maximum atomic E-state index is 11.8. The summed E-state index contributed by atoms with van der Waals surface area (Å²) in [6.07, 6.45) is -2.14. The van der Waals surface area contributed by atoms with E-state index in [1.807, 2.05) is 0 Å². The van der Waals surface area contributed by atoms with Crippen LogP contribution in [0.2, 0.25) is 0 Å². The van der Waals surface area contributed by atoms with Crippen LogP contribution in [0.1, 0.15) is 13.8 Å². The SMILES string of the molecule is COC(=O)[C@@]1(CO)O[C@@H]2OC(C)(C)O[C@@H]2[C@H]1OC. The molecular formula is C11H18O7. The van der Waals surface area contributed by atoms with Crippen molar-refractivity contribution in [3.63, 3.8) is 0 Å². The standard InChI is InChI=1S/C11H18O7/c1-10(2)16-6-7(14-3)11(5-12,9(13)15-4)18-8(6)17-10/h6-8,12H,5H2,1-4H3/t6-,7-,8+,11+/m1/s1. The minimum Gasteiger partial charge on any atom is -0.467 e. The van der Waals surface area contributed by atoms with Crippen molar-refractivity contribution in [2.75, 3.05) is 20.8 Å². The first-order valence-electron chi connectivity index (χ1n) is 5.66. The molecule has 0 spiro atoms. The zero-order valence-corrected chi connectivity index (χ0v) is 10.8. The normalized spacial score (nSPS) is 41.7. The average Bonchev–Trinajstić information content (AvgIpc) is 2.76. The van der Waals surface area contributed by atoms with Crippen LogP contribution in [0.25, 0.3) is 0 Å². The molecule has 2 aliphatic heterocycles. The molecule has 2 rings (SSSR count). The molecule has 1 N–H and O–H groups in total. The summed E-state index contributed by atoms with van der Waals surface area (Å²) < 4.78 is 26.6. The number of fused-ring (bicyclic) bond motifs is 1. The first kappa shape index (κ1) is 13.7. The highest BCUT2D eigenvalue weighted by atomic mass is 16.8. The number of hydrogen-bond donors (Lipinski definition) is 1. The van der Waals surface area contributed by atoms with Crippen molar-refractivity contribution >= 4 is 5.97 Å². The van der Waals surface area contributed by atoms with Gasteiger partial charge in [-0.05, 0) is 13.8 Å². The van der Waals surface area contributed by atoms with Crippen molar-refractivity contribution in [3.8, 4) is 0 Å². The zero-order valence-electron chi connectivity index (χ0n) is 10.8. The van der Waals surface area contributed by atoms with Crippen molar-refractivity contribution < 1.29 is 33.6 Å². The number of ether oxygens (including phenoxy) is 5. The van der Waals surface area contributed by atoms with Crippen LogP contribution in [0, 0.1) is 0 Å². The Morgan fingerprint density at radius 1 is 1.28 bits per heavy atom. The van der Waals surface area contributed by atoms with Gasteiger partial charge in [-0.1, -0.05) is 0 Å². The fraction of sp³-hybridized carbons (Fsp3) is 0.909. The number of aliphatic hydroxyl groups excluding tert-OH is 1. The Bertz CT molecular complexity index is 342. The predicted octanol–water partition coefficient (Wildman–Crippen LogP) is -0.587. The number of rotatable bonds is 3. The second-order valence-electron chi connectivity index (χ2n) is 4.78. The summed E-state index contributed by atoms with van der Waals surface area (Å²) in [6.45, 7) is 2.90. The third-order valence-corrected chi connectivity index (χ3v) is 3.19. The fourth-order valence-electron chi connectivity index (χ4n) is 2.45. The van der Waals surface area contributed by atoms with Crippen LogP contribution in [0.5, 0.6) is 0 Å². The van der Waals surface area contributed by atoms with E-state index in [4.69, 9.17) is 18.9 Å². The molecule has 0 aromatic heterocycles. The van der Waals surface area contributed by atoms with E-state index in [1.165, 1.54) is 14.2 Å². The molecule has 2 saturated heterocycles. The van der Waals surface area contributed by atoms with Crippen LogP contribution in [-0.4, -0.2) is 61.8 Å². The van der Waals surface area contributed by atoms with Crippen molar-refractivity contribution in [2.45, 2.75) is 43.7 Å². The Balaban J connectivity index is 2.29. The minimum atomic E-state index is -1.60. The van der Waals surface area contributed by atoms with Gasteiger partial charge in [0.15, 0.2) is 12.1 Å². The summed E-state index contributed by atoms with van der Waals surface area (Å²) in [5.41, 5.74) is -1.60. The fourth-order valence-corrected chi connectivity index (χ4v) is 2.45. The second kappa shape index (κ2) is 4.43. The lowest BCUT2D eigenvalue weighted by atomic mass is 9.96. The lowest BCUT2D eigenvalue weighted by Gasteiger charge is -2.31. The summed E-state index contributed by atoms with van der Waals surface area (Å²) in [7, 11) is 2.63. The smallest absolute Gasteiger partial charge is 0.343 e. The van der Waals surface area contributed by atoms with E-state index in [0.717, 1.165) is 0 Å². The Labute approximate surface area is 105 Å². The van der Waals surface area contributed by atoms with E-state index in [0.29, 0.717) is 0 Å². The van der Waals surface area contributed by atoms with E-state index >= 15 is 0 Å². The summed E-state index contributed by atoms with van der Waals surface area (Å²) in [6, 6.07) is 0. The molecule has 104 valence electrons. The van der Waals surface area contributed by atoms with Crippen LogP contribution in [0.3, 0.4) is 0 Å². The zero-order chi connectivity index (χ0) is 13.6. The third-order valence-electron chi connectivity index (χ3n) is 3.19. The topological polar surface area (TPSA) is 83.5 Å². The van der Waals surface area contributed by atoms with Crippen LogP contribution in [0.15, 0.2) is 0 Å². The molecule has 2 aliphatic rings. The first-order valence-corrected chi connectivity index (χ1v) is 5.66. The van der Waals surface area contributed by atoms with Crippen molar-refractivity contribution in [1.29, 1.82) is 0 Å². The summed E-state index contributed by atoms with van der Waals surface area (Å²) in [5.74, 6) is -1.53. The van der Waals surface area contributed by atoms with Crippen molar-refractivity contribution in [3.05, 3.63) is 0 Å². The molecule has 0 unspecified atom stereocenters. The summed E-state index contributed by atoms with van der Waals surface area (Å²) in [4.78, 5) is 11.8. The lowest BCUT2D eigenvalue weighted by Crippen LogP contribution is -2.55. The van der Waals surface area contributed by atoms with Gasteiger partial charge in [-0.2, -0.15) is 0 Å². The Morgan fingerprint density at radius 2 is 1.94 bits per heavy atom. The largest absolute Gasteiger partial charge is 0.467 e. The molecule has 0 aliphatic carbocycles. The molecular weight excluding hydrogens is 244 g/mol. The van der Waals surface area contributed by atoms with Gasteiger partial charge in [-0.15, -0.1) is 0 Å². The lowest BCUT2D eigenvalue weighted by molar-refractivity contribution is -0.251. The average molecular weight is 262 g/mol. The first-order chi connectivity index (χ1) is 8.40. The molecule has 2 heterocycles. The van der Waals surface area contributed by atoms with Crippen LogP contribution in [-0.2, 0) is 28.5 Å². The number of carbonyl (C=O) groups excluding carboxylic acids is 1. The molecule has 0 amide bonds. The summed E-state index contributed by atoms with van der Waals surface area (Å²) in [5, 5.41) is 9.49. The molecule has 7 heteroatoms. The number of aliphatic hydroxyl groups is 1. The molecule has 2 fully saturated rings. The molecule has 4 atom stereocenters. The minimum absolute atomic E-state index is 0.571. The van der Waals surface area contributed by atoms with E-state index in [1.54, 1.807) is 13.8 Å². The van der Waals surface area contributed by atoms with Gasteiger partial charge >= 0.3 is 5.97 Å². The van der Waals surface area contributed by atoms with Gasteiger partial charge in [-0.3, -0.25) is 0 Å². The maximum absolute atomic E-state index is 11.8.